The molecule has 3 aliphatic carbocycles. The maximum atomic E-state index is 15.1. The molecule has 0 bridgehead atoms. The number of fused-ring (bicyclic) bond motifs is 4. The summed E-state index contributed by atoms with van der Waals surface area (Å²) in [4.78, 5) is 60.1. The Bertz CT molecular complexity index is 2100. The zero-order valence-electron chi connectivity index (χ0n) is 27.9. The van der Waals surface area contributed by atoms with E-state index >= 15 is 9.59 Å². The second kappa shape index (κ2) is 12.1. The molecule has 50 heavy (non-hydrogen) atoms. The van der Waals surface area contributed by atoms with Gasteiger partial charge in [0, 0.05) is 17.4 Å². The van der Waals surface area contributed by atoms with Crippen LogP contribution in [0, 0.1) is 23.7 Å². The lowest BCUT2D eigenvalue weighted by Crippen LogP contribution is -2.58. The van der Waals surface area contributed by atoms with Crippen molar-refractivity contribution in [2.45, 2.75) is 37.5 Å². The number of phenols is 1. The molecule has 8 rings (SSSR count). The number of allylic oxidation sites excluding steroid dienone is 4. The molecule has 7 nitrogen and oxygen atoms in total. The quantitative estimate of drug-likeness (QED) is 0.176. The Balaban J connectivity index is 1.35. The largest absolute Gasteiger partial charge is 0.504 e. The van der Waals surface area contributed by atoms with Crippen molar-refractivity contribution in [2.75, 3.05) is 12.0 Å². The molecular formula is C43H37NO6. The van der Waals surface area contributed by atoms with Crippen molar-refractivity contribution in [3.8, 4) is 11.5 Å². The lowest BCUT2D eigenvalue weighted by molar-refractivity contribution is -0.135. The van der Waals surface area contributed by atoms with Crippen molar-refractivity contribution in [1.29, 1.82) is 0 Å². The van der Waals surface area contributed by atoms with Crippen LogP contribution in [0.3, 0.4) is 0 Å². The van der Waals surface area contributed by atoms with Gasteiger partial charge in [0.05, 0.1) is 30.0 Å². The van der Waals surface area contributed by atoms with E-state index in [-0.39, 0.29) is 41.3 Å². The molecule has 250 valence electrons. The Morgan fingerprint density at radius 3 is 2.22 bits per heavy atom. The third-order valence-corrected chi connectivity index (χ3v) is 11.5. The van der Waals surface area contributed by atoms with Gasteiger partial charge in [-0.15, -0.1) is 0 Å². The Hall–Kier alpha value is -5.56. The lowest BCUT2D eigenvalue weighted by atomic mass is 9.44. The van der Waals surface area contributed by atoms with Gasteiger partial charge in [-0.2, -0.15) is 0 Å². The summed E-state index contributed by atoms with van der Waals surface area (Å²) in [6.45, 7) is 2.05. The van der Waals surface area contributed by atoms with Crippen LogP contribution in [0.5, 0.6) is 11.5 Å². The summed E-state index contributed by atoms with van der Waals surface area (Å²) in [6.07, 6.45) is 4.94. The van der Waals surface area contributed by atoms with Gasteiger partial charge in [0.1, 0.15) is 0 Å². The van der Waals surface area contributed by atoms with E-state index in [4.69, 9.17) is 4.74 Å². The van der Waals surface area contributed by atoms with Crippen molar-refractivity contribution in [2.24, 2.45) is 23.7 Å². The molecule has 1 aliphatic heterocycles. The summed E-state index contributed by atoms with van der Waals surface area (Å²) in [7, 11) is 1.47. The van der Waals surface area contributed by atoms with Crippen molar-refractivity contribution in [1.82, 2.24) is 0 Å². The van der Waals surface area contributed by atoms with Gasteiger partial charge < -0.3 is 9.84 Å². The van der Waals surface area contributed by atoms with Gasteiger partial charge in [0.2, 0.25) is 11.8 Å². The topological polar surface area (TPSA) is 101 Å². The molecule has 6 atom stereocenters. The number of benzene rings is 4. The van der Waals surface area contributed by atoms with E-state index in [0.717, 1.165) is 17.6 Å². The maximum Gasteiger partial charge on any atom is 0.238 e. The molecule has 4 aliphatic rings. The number of ketones is 2. The summed E-state index contributed by atoms with van der Waals surface area (Å²) < 4.78 is 5.55. The zero-order chi connectivity index (χ0) is 34.7. The molecule has 4 aromatic carbocycles. The molecule has 2 amide bonds. The van der Waals surface area contributed by atoms with Gasteiger partial charge in [-0.25, -0.2) is 0 Å². The molecular weight excluding hydrogens is 626 g/mol. The van der Waals surface area contributed by atoms with Crippen LogP contribution in [0.15, 0.2) is 121 Å². The standard InChI is InChI=1S/C43H37NO6/c1-3-25-14-17-29(18-15-25)44-41(48)31-20-19-30-33(38(31)42(44)49)23-34-40(47)32(26-10-6-4-7-11-26)24-37(46)43(34,28-12-8-5-9-13-28)39(30)27-16-21-35(45)36(22-27)50-2/h4-19,21-22,24,31,33-34,38-39,45H,3,20,23H2,1-2H3. The van der Waals surface area contributed by atoms with E-state index in [1.54, 1.807) is 18.2 Å². The number of carbonyl (C=O) groups excluding carboxylic acids is 4. The highest BCUT2D eigenvalue weighted by Gasteiger charge is 2.66. The Morgan fingerprint density at radius 1 is 0.840 bits per heavy atom. The number of hydrogen-bond acceptors (Lipinski definition) is 6. The number of amides is 2. The SMILES string of the molecule is CCc1ccc(N2C(=O)C3CC=C4C(CC5C(=O)C(c6ccccc6)=CC(=O)C5(c5ccccc5)C4c4ccc(O)c(OC)c4)C3C2=O)cc1. The van der Waals surface area contributed by atoms with E-state index < -0.39 is 35.0 Å². The minimum absolute atomic E-state index is 0.0507. The Kier molecular flexibility index (Phi) is 7.66. The first kappa shape index (κ1) is 31.7. The van der Waals surface area contributed by atoms with Gasteiger partial charge in [-0.1, -0.05) is 97.4 Å². The molecule has 6 unspecified atom stereocenters. The van der Waals surface area contributed by atoms with Crippen LogP contribution >= 0.6 is 0 Å². The molecule has 0 spiro atoms. The average Bonchev–Trinajstić information content (AvgIpc) is 3.42. The fraction of sp³-hybridized carbons (Fsp3) is 0.256. The van der Waals surface area contributed by atoms with E-state index in [1.807, 2.05) is 91.0 Å². The van der Waals surface area contributed by atoms with Crippen molar-refractivity contribution in [3.05, 3.63) is 143 Å². The summed E-state index contributed by atoms with van der Waals surface area (Å²) >= 11 is 0. The molecule has 0 radical (unpaired) electrons. The van der Waals surface area contributed by atoms with Crippen LogP contribution in [-0.4, -0.2) is 35.6 Å². The molecule has 2 fully saturated rings. The molecule has 0 aromatic heterocycles. The van der Waals surface area contributed by atoms with Gasteiger partial charge in [-0.3, -0.25) is 24.1 Å². The number of carbonyl (C=O) groups is 4. The van der Waals surface area contributed by atoms with Crippen LogP contribution in [-0.2, 0) is 31.0 Å². The highest BCUT2D eigenvalue weighted by Crippen LogP contribution is 2.64. The summed E-state index contributed by atoms with van der Waals surface area (Å²) in [6, 6.07) is 31.3. The number of Topliss-reactive ketones (excluding diaryl/α,β-unsaturated/α-hetero) is 1. The molecule has 1 saturated carbocycles. The van der Waals surface area contributed by atoms with Gasteiger partial charge in [0.15, 0.2) is 23.1 Å². The van der Waals surface area contributed by atoms with Gasteiger partial charge >= 0.3 is 0 Å². The lowest BCUT2D eigenvalue weighted by Gasteiger charge is -2.55. The number of aromatic hydroxyl groups is 1. The predicted molar refractivity (Wildman–Crippen MR) is 190 cm³/mol. The molecule has 1 N–H and O–H groups in total. The average molecular weight is 664 g/mol. The molecule has 7 heteroatoms. The number of ether oxygens (including phenoxy) is 1. The van der Waals surface area contributed by atoms with E-state index in [9.17, 15) is 14.7 Å². The fourth-order valence-electron chi connectivity index (χ4n) is 9.26. The smallest absolute Gasteiger partial charge is 0.238 e. The van der Waals surface area contributed by atoms with Crippen LogP contribution < -0.4 is 9.64 Å². The van der Waals surface area contributed by atoms with E-state index in [2.05, 4.69) is 6.92 Å². The third kappa shape index (κ3) is 4.56. The molecule has 1 heterocycles. The number of nitrogens with zero attached hydrogens (tertiary/aromatic N) is 1. The number of imide groups is 1. The minimum Gasteiger partial charge on any atom is -0.504 e. The second-order valence-electron chi connectivity index (χ2n) is 13.8. The Morgan fingerprint density at radius 2 is 1.54 bits per heavy atom. The van der Waals surface area contributed by atoms with Crippen molar-refractivity contribution in [3.63, 3.8) is 0 Å². The minimum atomic E-state index is -1.35. The number of hydrogen-bond donors (Lipinski definition) is 1. The predicted octanol–water partition coefficient (Wildman–Crippen LogP) is 6.99. The third-order valence-electron chi connectivity index (χ3n) is 11.5. The van der Waals surface area contributed by atoms with Crippen molar-refractivity contribution < 1.29 is 29.0 Å². The maximum absolute atomic E-state index is 15.1. The highest BCUT2D eigenvalue weighted by atomic mass is 16.5. The van der Waals surface area contributed by atoms with Crippen LogP contribution in [0.1, 0.15) is 47.9 Å². The van der Waals surface area contributed by atoms with Crippen molar-refractivity contribution >= 4 is 34.6 Å². The normalized spacial score (nSPS) is 27.2. The van der Waals surface area contributed by atoms with Gasteiger partial charge in [-0.05, 0) is 77.8 Å². The first-order valence-corrected chi connectivity index (χ1v) is 17.2. The van der Waals surface area contributed by atoms with E-state index in [0.29, 0.717) is 34.4 Å². The number of methoxy groups -OCH3 is 1. The van der Waals surface area contributed by atoms with Crippen LogP contribution in [0.2, 0.25) is 0 Å². The van der Waals surface area contributed by atoms with E-state index in [1.165, 1.54) is 18.1 Å². The first-order chi connectivity index (χ1) is 24.3. The number of aryl methyl sites for hydroxylation is 1. The summed E-state index contributed by atoms with van der Waals surface area (Å²) in [5, 5.41) is 10.6. The van der Waals surface area contributed by atoms with Crippen LogP contribution in [0.4, 0.5) is 5.69 Å². The zero-order valence-corrected chi connectivity index (χ0v) is 27.9. The molecule has 1 saturated heterocycles. The second-order valence-corrected chi connectivity index (χ2v) is 13.8. The number of rotatable bonds is 6. The number of phenolic OH excluding ortho intramolecular Hbond substituents is 1. The fourth-order valence-corrected chi connectivity index (χ4v) is 9.26. The first-order valence-electron chi connectivity index (χ1n) is 17.2. The van der Waals surface area contributed by atoms with Gasteiger partial charge in [0.25, 0.3) is 0 Å². The summed E-state index contributed by atoms with van der Waals surface area (Å²) in [5.41, 5.74) is 3.55. The van der Waals surface area contributed by atoms with Crippen LogP contribution in [0.25, 0.3) is 5.57 Å². The number of anilines is 1. The molecule has 4 aromatic rings. The monoisotopic (exact) mass is 663 g/mol. The summed E-state index contributed by atoms with van der Waals surface area (Å²) in [5.74, 6) is -3.98. The highest BCUT2D eigenvalue weighted by molar-refractivity contribution is 6.32. The Labute approximate surface area is 290 Å².